The van der Waals surface area contributed by atoms with Crippen LogP contribution in [0.1, 0.15) is 11.1 Å². The average molecular weight is 319 g/mol. The molecule has 1 aromatic heterocycles. The molecule has 0 fully saturated rings. The average Bonchev–Trinajstić information content (AvgIpc) is 2.38. The van der Waals surface area contributed by atoms with Gasteiger partial charge in [0.25, 0.3) is 0 Å². The number of rotatable bonds is 4. The first-order valence-corrected chi connectivity index (χ1v) is 6.61. The van der Waals surface area contributed by atoms with E-state index in [1.54, 1.807) is 18.5 Å². The minimum atomic E-state index is 0.0542. The summed E-state index contributed by atoms with van der Waals surface area (Å²) in [4.78, 5) is 6.14. The van der Waals surface area contributed by atoms with Gasteiger partial charge in [-0.1, -0.05) is 28.1 Å². The molecule has 0 aliphatic heterocycles. The van der Waals surface area contributed by atoms with E-state index in [1.165, 1.54) is 5.56 Å². The topological polar surface area (TPSA) is 66.0 Å². The molecule has 1 aromatic carbocycles. The summed E-state index contributed by atoms with van der Waals surface area (Å²) in [5.41, 5.74) is 8.33. The Balaban J connectivity index is 2.25. The fourth-order valence-electron chi connectivity index (χ4n) is 1.91. The highest BCUT2D eigenvalue weighted by molar-refractivity contribution is 9.10. The van der Waals surface area contributed by atoms with E-state index in [0.717, 1.165) is 16.7 Å². The van der Waals surface area contributed by atoms with E-state index >= 15 is 0 Å². The van der Waals surface area contributed by atoms with Crippen molar-refractivity contribution in [1.29, 1.82) is 5.41 Å². The number of hydrogen-bond donors (Lipinski definition) is 2. The highest BCUT2D eigenvalue weighted by Crippen LogP contribution is 2.20. The molecule has 0 amide bonds. The Labute approximate surface area is 120 Å². The number of aromatic nitrogens is 1. The van der Waals surface area contributed by atoms with E-state index in [1.807, 2.05) is 24.1 Å². The number of amidine groups is 1. The second-order valence-corrected chi connectivity index (χ2v) is 5.21. The van der Waals surface area contributed by atoms with Gasteiger partial charge in [-0.25, -0.2) is 0 Å². The molecule has 0 bridgehead atoms. The van der Waals surface area contributed by atoms with Crippen LogP contribution in [0, 0.1) is 5.41 Å². The first-order valence-electron chi connectivity index (χ1n) is 5.82. The van der Waals surface area contributed by atoms with Gasteiger partial charge in [0, 0.05) is 29.8 Å². The maximum absolute atomic E-state index is 7.60. The van der Waals surface area contributed by atoms with E-state index in [0.29, 0.717) is 5.56 Å². The largest absolute Gasteiger partial charge is 0.384 e. The monoisotopic (exact) mass is 318 g/mol. The van der Waals surface area contributed by atoms with Gasteiger partial charge in [-0.2, -0.15) is 0 Å². The fourth-order valence-corrected chi connectivity index (χ4v) is 2.36. The summed E-state index contributed by atoms with van der Waals surface area (Å²) in [6.45, 7) is 0.728. The molecule has 0 aliphatic rings. The molecule has 4 nitrogen and oxygen atoms in total. The number of nitrogens with zero attached hydrogens (tertiary/aromatic N) is 2. The van der Waals surface area contributed by atoms with Crippen molar-refractivity contribution in [3.8, 4) is 0 Å². The van der Waals surface area contributed by atoms with Crippen LogP contribution < -0.4 is 10.6 Å². The molecule has 5 heteroatoms. The summed E-state index contributed by atoms with van der Waals surface area (Å²) in [6.07, 6.45) is 3.38. The van der Waals surface area contributed by atoms with Crippen molar-refractivity contribution in [2.75, 3.05) is 11.9 Å². The lowest BCUT2D eigenvalue weighted by molar-refractivity contribution is 0.915. The third-order valence-electron chi connectivity index (χ3n) is 2.81. The van der Waals surface area contributed by atoms with Crippen molar-refractivity contribution in [3.05, 3.63) is 58.3 Å². The molecule has 3 N–H and O–H groups in total. The van der Waals surface area contributed by atoms with Gasteiger partial charge in [-0.3, -0.25) is 10.4 Å². The predicted octanol–water partition coefficient (Wildman–Crippen LogP) is 2.76. The highest BCUT2D eigenvalue weighted by atomic mass is 79.9. The minimum Gasteiger partial charge on any atom is -0.384 e. The molecule has 98 valence electrons. The van der Waals surface area contributed by atoms with Crippen LogP contribution in [0.3, 0.4) is 0 Å². The molecule has 2 aromatic rings. The van der Waals surface area contributed by atoms with Crippen LogP contribution >= 0.6 is 15.9 Å². The van der Waals surface area contributed by atoms with E-state index in [4.69, 9.17) is 11.1 Å². The molecule has 0 saturated carbocycles. The Hall–Kier alpha value is -1.88. The van der Waals surface area contributed by atoms with Crippen molar-refractivity contribution < 1.29 is 0 Å². The number of pyridine rings is 1. The molecule has 0 saturated heterocycles. The molecule has 2 rings (SSSR count). The Kier molecular flexibility index (Phi) is 4.16. The summed E-state index contributed by atoms with van der Waals surface area (Å²) in [7, 11) is 1.96. The number of halogens is 1. The summed E-state index contributed by atoms with van der Waals surface area (Å²) < 4.78 is 1.05. The standard InChI is InChI=1S/C14H15BrN4/c1-19(9-10-3-2-4-11(15)7-10)13-8-18-6-5-12(13)14(16)17/h2-8H,9H2,1H3,(H3,16,17). The first-order chi connectivity index (χ1) is 9.08. The lowest BCUT2D eigenvalue weighted by Gasteiger charge is -2.21. The van der Waals surface area contributed by atoms with Crippen LogP contribution in [-0.4, -0.2) is 17.9 Å². The SMILES string of the molecule is CN(Cc1cccc(Br)c1)c1cnccc1C(=N)N. The van der Waals surface area contributed by atoms with Crippen LogP contribution in [0.2, 0.25) is 0 Å². The third-order valence-corrected chi connectivity index (χ3v) is 3.30. The number of hydrogen-bond acceptors (Lipinski definition) is 3. The Bertz CT molecular complexity index is 598. The van der Waals surface area contributed by atoms with Gasteiger partial charge >= 0.3 is 0 Å². The van der Waals surface area contributed by atoms with Crippen LogP contribution in [0.4, 0.5) is 5.69 Å². The zero-order valence-corrected chi connectivity index (χ0v) is 12.2. The lowest BCUT2D eigenvalue weighted by Crippen LogP contribution is -2.22. The number of benzene rings is 1. The smallest absolute Gasteiger partial charge is 0.125 e. The van der Waals surface area contributed by atoms with Gasteiger partial charge in [-0.05, 0) is 23.8 Å². The van der Waals surface area contributed by atoms with Gasteiger partial charge in [0.2, 0.25) is 0 Å². The van der Waals surface area contributed by atoms with Crippen LogP contribution in [0.5, 0.6) is 0 Å². The van der Waals surface area contributed by atoms with Crippen molar-refractivity contribution in [1.82, 2.24) is 4.98 Å². The minimum absolute atomic E-state index is 0.0542. The van der Waals surface area contributed by atoms with E-state index in [2.05, 4.69) is 33.0 Å². The van der Waals surface area contributed by atoms with Gasteiger partial charge in [0.15, 0.2) is 0 Å². The van der Waals surface area contributed by atoms with Gasteiger partial charge in [0.1, 0.15) is 5.84 Å². The Morgan fingerprint density at radius 1 is 1.42 bits per heavy atom. The zero-order chi connectivity index (χ0) is 13.8. The Morgan fingerprint density at radius 2 is 2.21 bits per heavy atom. The van der Waals surface area contributed by atoms with E-state index in [-0.39, 0.29) is 5.84 Å². The van der Waals surface area contributed by atoms with Crippen molar-refractivity contribution in [2.24, 2.45) is 5.73 Å². The van der Waals surface area contributed by atoms with E-state index < -0.39 is 0 Å². The van der Waals surface area contributed by atoms with Crippen molar-refractivity contribution >= 4 is 27.5 Å². The van der Waals surface area contributed by atoms with Crippen LogP contribution in [-0.2, 0) is 6.54 Å². The molecule has 1 heterocycles. The molecular formula is C14H15BrN4. The lowest BCUT2D eigenvalue weighted by atomic mass is 10.1. The molecule has 0 unspecified atom stereocenters. The first kappa shape index (κ1) is 13.5. The molecule has 0 atom stereocenters. The van der Waals surface area contributed by atoms with Gasteiger partial charge in [-0.15, -0.1) is 0 Å². The van der Waals surface area contributed by atoms with E-state index in [9.17, 15) is 0 Å². The Morgan fingerprint density at radius 3 is 2.89 bits per heavy atom. The zero-order valence-electron chi connectivity index (χ0n) is 10.6. The normalized spacial score (nSPS) is 10.2. The number of nitrogens with two attached hydrogens (primary N) is 1. The molecule has 0 spiro atoms. The second-order valence-electron chi connectivity index (χ2n) is 4.29. The molecule has 0 radical (unpaired) electrons. The predicted molar refractivity (Wildman–Crippen MR) is 81.5 cm³/mol. The molecule has 19 heavy (non-hydrogen) atoms. The second kappa shape index (κ2) is 5.84. The number of nitrogen functional groups attached to an aromatic ring is 1. The quantitative estimate of drug-likeness (QED) is 0.673. The summed E-state index contributed by atoms with van der Waals surface area (Å²) in [6, 6.07) is 9.89. The molecule has 0 aliphatic carbocycles. The number of anilines is 1. The van der Waals surface area contributed by atoms with Crippen LogP contribution in [0.15, 0.2) is 47.2 Å². The summed E-state index contributed by atoms with van der Waals surface area (Å²) in [5, 5.41) is 7.60. The summed E-state index contributed by atoms with van der Waals surface area (Å²) in [5.74, 6) is 0.0542. The maximum atomic E-state index is 7.60. The molecular weight excluding hydrogens is 304 g/mol. The third kappa shape index (κ3) is 3.32. The van der Waals surface area contributed by atoms with Crippen molar-refractivity contribution in [2.45, 2.75) is 6.54 Å². The highest BCUT2D eigenvalue weighted by Gasteiger charge is 2.10. The number of nitrogens with one attached hydrogen (secondary N) is 1. The summed E-state index contributed by atoms with van der Waals surface area (Å²) >= 11 is 3.46. The fraction of sp³-hybridized carbons (Fsp3) is 0.143. The van der Waals surface area contributed by atoms with Gasteiger partial charge in [0.05, 0.1) is 11.9 Å². The van der Waals surface area contributed by atoms with Gasteiger partial charge < -0.3 is 10.6 Å². The maximum Gasteiger partial charge on any atom is 0.125 e. The van der Waals surface area contributed by atoms with Crippen LogP contribution in [0.25, 0.3) is 0 Å². The van der Waals surface area contributed by atoms with Crippen molar-refractivity contribution in [3.63, 3.8) is 0 Å².